The SMILES string of the molecule is CCCNCC(C)Oc1cc(Br)ccc1Cl. The zero-order valence-corrected chi connectivity index (χ0v) is 11.9. The largest absolute Gasteiger partial charge is 0.488 e. The van der Waals surface area contributed by atoms with Crippen molar-refractivity contribution in [1.29, 1.82) is 0 Å². The average Bonchev–Trinajstić information content (AvgIpc) is 2.24. The molecule has 90 valence electrons. The van der Waals surface area contributed by atoms with E-state index in [4.69, 9.17) is 16.3 Å². The zero-order valence-electron chi connectivity index (χ0n) is 9.59. The highest BCUT2D eigenvalue weighted by Crippen LogP contribution is 2.28. The summed E-state index contributed by atoms with van der Waals surface area (Å²) in [6.07, 6.45) is 1.24. The summed E-state index contributed by atoms with van der Waals surface area (Å²) in [6, 6.07) is 5.61. The molecule has 0 aliphatic rings. The van der Waals surface area contributed by atoms with Crippen LogP contribution in [0.25, 0.3) is 0 Å². The van der Waals surface area contributed by atoms with Crippen molar-refractivity contribution in [3.05, 3.63) is 27.7 Å². The number of ether oxygens (including phenoxy) is 1. The molecule has 0 radical (unpaired) electrons. The van der Waals surface area contributed by atoms with Crippen LogP contribution in [0, 0.1) is 0 Å². The lowest BCUT2D eigenvalue weighted by Gasteiger charge is -2.16. The third-order valence-electron chi connectivity index (χ3n) is 2.08. The zero-order chi connectivity index (χ0) is 12.0. The Labute approximate surface area is 110 Å². The normalized spacial score (nSPS) is 12.5. The fourth-order valence-corrected chi connectivity index (χ4v) is 1.81. The molecule has 0 fully saturated rings. The van der Waals surface area contributed by atoms with E-state index >= 15 is 0 Å². The highest BCUT2D eigenvalue weighted by Gasteiger charge is 2.07. The maximum absolute atomic E-state index is 6.04. The third-order valence-corrected chi connectivity index (χ3v) is 2.89. The first kappa shape index (κ1) is 13.8. The smallest absolute Gasteiger partial charge is 0.139 e. The van der Waals surface area contributed by atoms with Crippen LogP contribution in [0.15, 0.2) is 22.7 Å². The Morgan fingerprint density at radius 3 is 2.94 bits per heavy atom. The molecule has 16 heavy (non-hydrogen) atoms. The van der Waals surface area contributed by atoms with Crippen molar-refractivity contribution in [2.45, 2.75) is 26.4 Å². The Morgan fingerprint density at radius 1 is 1.50 bits per heavy atom. The molecule has 1 atom stereocenters. The van der Waals surface area contributed by atoms with Gasteiger partial charge < -0.3 is 10.1 Å². The lowest BCUT2D eigenvalue weighted by Crippen LogP contribution is -2.29. The molecule has 0 aromatic heterocycles. The van der Waals surface area contributed by atoms with Gasteiger partial charge in [0.05, 0.1) is 5.02 Å². The van der Waals surface area contributed by atoms with Crippen LogP contribution in [0.4, 0.5) is 0 Å². The molecule has 1 unspecified atom stereocenters. The maximum Gasteiger partial charge on any atom is 0.139 e. The number of hydrogen-bond acceptors (Lipinski definition) is 2. The second-order valence-electron chi connectivity index (χ2n) is 3.71. The van der Waals surface area contributed by atoms with E-state index in [1.807, 2.05) is 25.1 Å². The molecule has 0 bridgehead atoms. The third kappa shape index (κ3) is 4.73. The molecule has 1 aromatic rings. The number of rotatable bonds is 6. The predicted molar refractivity (Wildman–Crippen MR) is 72.4 cm³/mol. The Bertz CT molecular complexity index is 333. The van der Waals surface area contributed by atoms with Crippen molar-refractivity contribution in [2.24, 2.45) is 0 Å². The molecule has 0 spiro atoms. The van der Waals surface area contributed by atoms with Crippen molar-refractivity contribution in [3.63, 3.8) is 0 Å². The van der Waals surface area contributed by atoms with Gasteiger partial charge in [0.25, 0.3) is 0 Å². The van der Waals surface area contributed by atoms with Crippen LogP contribution in [0.5, 0.6) is 5.75 Å². The topological polar surface area (TPSA) is 21.3 Å². The molecule has 1 aromatic carbocycles. The Morgan fingerprint density at radius 2 is 2.25 bits per heavy atom. The minimum atomic E-state index is 0.110. The van der Waals surface area contributed by atoms with Crippen LogP contribution in [0.2, 0.25) is 5.02 Å². The lowest BCUT2D eigenvalue weighted by molar-refractivity contribution is 0.217. The molecular weight excluding hydrogens is 289 g/mol. The van der Waals surface area contributed by atoms with Gasteiger partial charge in [0.15, 0.2) is 0 Å². The first-order chi connectivity index (χ1) is 7.63. The molecule has 1 N–H and O–H groups in total. The van der Waals surface area contributed by atoms with E-state index < -0.39 is 0 Å². The highest BCUT2D eigenvalue weighted by molar-refractivity contribution is 9.10. The molecule has 4 heteroatoms. The Balaban J connectivity index is 2.48. The fraction of sp³-hybridized carbons (Fsp3) is 0.500. The van der Waals surface area contributed by atoms with Crippen molar-refractivity contribution in [3.8, 4) is 5.75 Å². The summed E-state index contributed by atoms with van der Waals surface area (Å²) >= 11 is 9.43. The van der Waals surface area contributed by atoms with Gasteiger partial charge in [0.2, 0.25) is 0 Å². The first-order valence-electron chi connectivity index (χ1n) is 5.46. The molecule has 0 saturated carbocycles. The summed E-state index contributed by atoms with van der Waals surface area (Å²) in [4.78, 5) is 0. The second-order valence-corrected chi connectivity index (χ2v) is 5.03. The summed E-state index contributed by atoms with van der Waals surface area (Å²) < 4.78 is 6.72. The van der Waals surface area contributed by atoms with Crippen molar-refractivity contribution in [1.82, 2.24) is 5.32 Å². The second kappa shape index (κ2) is 7.15. The Hall–Kier alpha value is -0.250. The van der Waals surface area contributed by atoms with E-state index in [2.05, 4.69) is 28.2 Å². The van der Waals surface area contributed by atoms with Gasteiger partial charge in [-0.15, -0.1) is 0 Å². The van der Waals surface area contributed by atoms with Crippen molar-refractivity contribution >= 4 is 27.5 Å². The molecule has 0 heterocycles. The van der Waals surface area contributed by atoms with Crippen molar-refractivity contribution in [2.75, 3.05) is 13.1 Å². The number of nitrogens with one attached hydrogen (secondary N) is 1. The van der Waals surface area contributed by atoms with Gasteiger partial charge in [-0.1, -0.05) is 34.5 Å². The minimum Gasteiger partial charge on any atom is -0.488 e. The summed E-state index contributed by atoms with van der Waals surface area (Å²) in [5.41, 5.74) is 0. The predicted octanol–water partition coefficient (Wildman–Crippen LogP) is 3.87. The van der Waals surface area contributed by atoms with E-state index in [1.165, 1.54) is 0 Å². The van der Waals surface area contributed by atoms with Crippen LogP contribution >= 0.6 is 27.5 Å². The molecule has 1 rings (SSSR count). The van der Waals surface area contributed by atoms with E-state index in [9.17, 15) is 0 Å². The van der Waals surface area contributed by atoms with E-state index in [0.717, 1.165) is 29.7 Å². The van der Waals surface area contributed by atoms with Gasteiger partial charge in [-0.25, -0.2) is 0 Å². The summed E-state index contributed by atoms with van der Waals surface area (Å²) in [5, 5.41) is 3.95. The van der Waals surface area contributed by atoms with Gasteiger partial charge in [-0.2, -0.15) is 0 Å². The first-order valence-corrected chi connectivity index (χ1v) is 6.63. The van der Waals surface area contributed by atoms with Gasteiger partial charge in [-0.3, -0.25) is 0 Å². The van der Waals surface area contributed by atoms with E-state index in [0.29, 0.717) is 5.02 Å². The minimum absolute atomic E-state index is 0.110. The van der Waals surface area contributed by atoms with Crippen molar-refractivity contribution < 1.29 is 4.74 Å². The van der Waals surface area contributed by atoms with Crippen LogP contribution in [0.1, 0.15) is 20.3 Å². The van der Waals surface area contributed by atoms with Gasteiger partial charge in [0, 0.05) is 11.0 Å². The quantitative estimate of drug-likeness (QED) is 0.806. The van der Waals surface area contributed by atoms with Gasteiger partial charge in [0.1, 0.15) is 11.9 Å². The molecule has 0 saturated heterocycles. The molecule has 0 aliphatic carbocycles. The molecule has 0 amide bonds. The summed E-state index contributed by atoms with van der Waals surface area (Å²) in [5.74, 6) is 0.724. The standard InChI is InChI=1S/C12H17BrClNO/c1-3-6-15-8-9(2)16-12-7-10(13)4-5-11(12)14/h4-5,7,9,15H,3,6,8H2,1-2H3. The maximum atomic E-state index is 6.04. The number of benzene rings is 1. The summed E-state index contributed by atoms with van der Waals surface area (Å²) in [6.45, 7) is 6.01. The van der Waals surface area contributed by atoms with E-state index in [1.54, 1.807) is 0 Å². The molecule has 2 nitrogen and oxygen atoms in total. The van der Waals surface area contributed by atoms with E-state index in [-0.39, 0.29) is 6.10 Å². The molecule has 0 aliphatic heterocycles. The van der Waals surface area contributed by atoms with Crippen LogP contribution in [0.3, 0.4) is 0 Å². The Kier molecular flexibility index (Phi) is 6.17. The number of hydrogen-bond donors (Lipinski definition) is 1. The fourth-order valence-electron chi connectivity index (χ4n) is 1.31. The van der Waals surface area contributed by atoms with Gasteiger partial charge >= 0.3 is 0 Å². The van der Waals surface area contributed by atoms with Crippen LogP contribution in [-0.4, -0.2) is 19.2 Å². The summed E-state index contributed by atoms with van der Waals surface area (Å²) in [7, 11) is 0. The monoisotopic (exact) mass is 305 g/mol. The average molecular weight is 307 g/mol. The van der Waals surface area contributed by atoms with Crippen LogP contribution in [-0.2, 0) is 0 Å². The molecular formula is C12H17BrClNO. The number of halogens is 2. The van der Waals surface area contributed by atoms with Crippen LogP contribution < -0.4 is 10.1 Å². The lowest BCUT2D eigenvalue weighted by atomic mass is 10.3. The highest BCUT2D eigenvalue weighted by atomic mass is 79.9. The van der Waals surface area contributed by atoms with Gasteiger partial charge in [-0.05, 0) is 38.1 Å².